The summed E-state index contributed by atoms with van der Waals surface area (Å²) < 4.78 is 30.9. The van der Waals surface area contributed by atoms with Gasteiger partial charge in [-0.15, -0.1) is 0 Å². The molecular weight excluding hydrogens is 506 g/mol. The molecule has 4 rings (SSSR count). The first kappa shape index (κ1) is 28.2. The molecule has 2 amide bonds. The molecule has 38 heavy (non-hydrogen) atoms. The van der Waals surface area contributed by atoms with Gasteiger partial charge in [-0.3, -0.25) is 0 Å². The Hall–Kier alpha value is -2.80. The lowest BCUT2D eigenvalue weighted by Gasteiger charge is -2.38. The molecule has 1 aromatic carbocycles. The number of rotatable bonds is 8. The van der Waals surface area contributed by atoms with Crippen molar-refractivity contribution in [2.45, 2.75) is 30.6 Å². The van der Waals surface area contributed by atoms with E-state index in [2.05, 4.69) is 27.8 Å². The van der Waals surface area contributed by atoms with Crippen molar-refractivity contribution in [2.24, 2.45) is 0 Å². The van der Waals surface area contributed by atoms with Gasteiger partial charge in [-0.1, -0.05) is 0 Å². The van der Waals surface area contributed by atoms with Crippen LogP contribution in [0.1, 0.15) is 25.5 Å². The molecule has 1 aromatic heterocycles. The summed E-state index contributed by atoms with van der Waals surface area (Å²) in [4.78, 5) is 26.1. The summed E-state index contributed by atoms with van der Waals surface area (Å²) >= 11 is 0. The van der Waals surface area contributed by atoms with Crippen molar-refractivity contribution in [2.75, 3.05) is 76.5 Å². The number of nitrogens with zero attached hydrogens (tertiary/aromatic N) is 4. The number of morpholine rings is 1. The quantitative estimate of drug-likeness (QED) is 0.454. The Morgan fingerprint density at radius 1 is 1.21 bits per heavy atom. The van der Waals surface area contributed by atoms with Crippen LogP contribution in [-0.4, -0.2) is 102 Å². The molecule has 2 saturated heterocycles. The highest BCUT2D eigenvalue weighted by molar-refractivity contribution is 7.91. The van der Waals surface area contributed by atoms with Crippen molar-refractivity contribution < 1.29 is 17.9 Å². The summed E-state index contributed by atoms with van der Waals surface area (Å²) in [6.07, 6.45) is 2.21. The largest absolute Gasteiger partial charge is 0.377 e. The van der Waals surface area contributed by atoms with E-state index in [1.807, 2.05) is 37.2 Å². The summed E-state index contributed by atoms with van der Waals surface area (Å²) in [5, 5.41) is 8.93. The first-order chi connectivity index (χ1) is 18.1. The molecule has 0 unspecified atom stereocenters. The van der Waals surface area contributed by atoms with E-state index in [-0.39, 0.29) is 12.1 Å². The van der Waals surface area contributed by atoms with Crippen LogP contribution in [0.3, 0.4) is 0 Å². The van der Waals surface area contributed by atoms with Crippen LogP contribution in [0.25, 0.3) is 11.4 Å². The van der Waals surface area contributed by atoms with Gasteiger partial charge in [0.05, 0.1) is 24.9 Å². The first-order valence-corrected chi connectivity index (χ1v) is 14.9. The third kappa shape index (κ3) is 6.42. The number of amides is 2. The Bertz CT molecular complexity index is 1210. The maximum absolute atomic E-state index is 13.2. The minimum atomic E-state index is -3.46. The maximum atomic E-state index is 13.2. The maximum Gasteiger partial charge on any atom is 0.319 e. The number of anilines is 2. The van der Waals surface area contributed by atoms with Crippen LogP contribution in [0, 0.1) is 0 Å². The van der Waals surface area contributed by atoms with E-state index in [9.17, 15) is 13.2 Å². The molecule has 3 N–H and O–H groups in total. The fourth-order valence-corrected chi connectivity index (χ4v) is 6.36. The van der Waals surface area contributed by atoms with Crippen LogP contribution < -0.4 is 20.9 Å². The van der Waals surface area contributed by atoms with E-state index in [1.165, 1.54) is 6.26 Å². The zero-order valence-electron chi connectivity index (χ0n) is 22.7. The number of sulfone groups is 1. The highest BCUT2D eigenvalue weighted by Gasteiger charge is 2.45. The molecule has 2 aliphatic heterocycles. The monoisotopic (exact) mass is 545 g/mol. The first-order valence-electron chi connectivity index (χ1n) is 13.0. The smallest absolute Gasteiger partial charge is 0.319 e. The Balaban J connectivity index is 1.67. The lowest BCUT2D eigenvalue weighted by Crippen LogP contribution is -2.47. The van der Waals surface area contributed by atoms with Gasteiger partial charge in [0.1, 0.15) is 10.6 Å². The number of aromatic nitrogens is 2. The zero-order valence-corrected chi connectivity index (χ0v) is 23.5. The van der Waals surface area contributed by atoms with E-state index in [4.69, 9.17) is 14.7 Å². The van der Waals surface area contributed by atoms with Gasteiger partial charge < -0.3 is 30.5 Å². The van der Waals surface area contributed by atoms with Gasteiger partial charge in [0.15, 0.2) is 15.7 Å². The number of benzene rings is 1. The van der Waals surface area contributed by atoms with E-state index in [1.54, 1.807) is 12.1 Å². The molecule has 0 spiro atoms. The fourth-order valence-electron chi connectivity index (χ4n) is 4.93. The van der Waals surface area contributed by atoms with Gasteiger partial charge in [-0.2, -0.15) is 0 Å². The Morgan fingerprint density at radius 2 is 1.92 bits per heavy atom. The van der Waals surface area contributed by atoms with E-state index in [0.29, 0.717) is 75.3 Å². The van der Waals surface area contributed by atoms with Crippen molar-refractivity contribution in [3.05, 3.63) is 36.0 Å². The number of hydrogen-bond acceptors (Lipinski definition) is 9. The minimum Gasteiger partial charge on any atom is -0.377 e. The molecule has 0 saturated carbocycles. The topological polar surface area (TPSA) is 129 Å². The van der Waals surface area contributed by atoms with Crippen LogP contribution in [0.4, 0.5) is 16.3 Å². The molecular formula is C26H39N7O4S. The van der Waals surface area contributed by atoms with Gasteiger partial charge in [0, 0.05) is 43.2 Å². The van der Waals surface area contributed by atoms with Gasteiger partial charge in [0.2, 0.25) is 0 Å². The number of piperidine rings is 1. The minimum absolute atomic E-state index is 0.0964. The summed E-state index contributed by atoms with van der Waals surface area (Å²) in [5.41, 5.74) is 1.91. The second kappa shape index (κ2) is 11.9. The number of ether oxygens (including phenoxy) is 1. The predicted octanol–water partition coefficient (Wildman–Crippen LogP) is 1.68. The number of urea groups is 1. The summed E-state index contributed by atoms with van der Waals surface area (Å²) in [6.45, 7) is 6.38. The predicted molar refractivity (Wildman–Crippen MR) is 149 cm³/mol. The molecule has 11 nitrogen and oxygen atoms in total. The molecule has 3 heterocycles. The van der Waals surface area contributed by atoms with E-state index >= 15 is 0 Å². The summed E-state index contributed by atoms with van der Waals surface area (Å²) in [5.74, 6) is 1.16. The molecule has 12 heteroatoms. The normalized spacial score (nSPS) is 19.8. The lowest BCUT2D eigenvalue weighted by molar-refractivity contribution is 0.0985. The standard InChI is InChI=1S/C26H39N7O4S/c1-19-18-37-16-15-33(19)23-17-22(26(38(4,35)36)9-11-27-12-10-26)30-24(31-23)20-5-7-21(8-6-20)29-25(34)28-13-14-32(2)3/h5-8,17,19,27H,9-16,18H2,1-4H3,(H2,28,29,34)/t19-/m0/s1. The van der Waals surface area contributed by atoms with Crippen molar-refractivity contribution in [3.8, 4) is 11.4 Å². The number of hydrogen-bond donors (Lipinski definition) is 3. The SMILES string of the molecule is C[C@H]1COCCN1c1cc(C2(S(C)(=O)=O)CCNCC2)nc(-c2ccc(NC(=O)NCCN(C)C)cc2)n1. The highest BCUT2D eigenvalue weighted by Crippen LogP contribution is 2.39. The number of likely N-dealkylation sites (N-methyl/N-ethyl adjacent to an activating group) is 1. The molecule has 208 valence electrons. The second-order valence-corrected chi connectivity index (χ2v) is 12.7. The van der Waals surface area contributed by atoms with Crippen LogP contribution >= 0.6 is 0 Å². The zero-order chi connectivity index (χ0) is 27.3. The van der Waals surface area contributed by atoms with Crippen molar-refractivity contribution in [1.82, 2.24) is 25.5 Å². The van der Waals surface area contributed by atoms with Crippen LogP contribution in [0.15, 0.2) is 30.3 Å². The van der Waals surface area contributed by atoms with Crippen molar-refractivity contribution in [3.63, 3.8) is 0 Å². The molecule has 2 aliphatic rings. The highest BCUT2D eigenvalue weighted by atomic mass is 32.2. The molecule has 0 aliphatic carbocycles. The molecule has 2 fully saturated rings. The van der Waals surface area contributed by atoms with Crippen LogP contribution in [0.5, 0.6) is 0 Å². The van der Waals surface area contributed by atoms with E-state index in [0.717, 1.165) is 12.1 Å². The summed E-state index contributed by atoms with van der Waals surface area (Å²) in [7, 11) is 0.431. The van der Waals surface area contributed by atoms with Crippen molar-refractivity contribution >= 4 is 27.4 Å². The number of nitrogens with one attached hydrogen (secondary N) is 3. The Kier molecular flexibility index (Phi) is 8.86. The van der Waals surface area contributed by atoms with E-state index < -0.39 is 14.6 Å². The molecule has 0 radical (unpaired) electrons. The van der Waals surface area contributed by atoms with Crippen LogP contribution in [0.2, 0.25) is 0 Å². The number of carbonyl (C=O) groups excluding carboxylic acids is 1. The lowest BCUT2D eigenvalue weighted by atomic mass is 9.92. The number of carbonyl (C=O) groups is 1. The van der Waals surface area contributed by atoms with Gasteiger partial charge >= 0.3 is 6.03 Å². The fraction of sp³-hybridized carbons (Fsp3) is 0.577. The molecule has 1 atom stereocenters. The average molecular weight is 546 g/mol. The molecule has 2 aromatic rings. The van der Waals surface area contributed by atoms with Gasteiger partial charge in [0.25, 0.3) is 0 Å². The van der Waals surface area contributed by atoms with Gasteiger partial charge in [-0.25, -0.2) is 23.2 Å². The second-order valence-electron chi connectivity index (χ2n) is 10.3. The Morgan fingerprint density at radius 3 is 2.55 bits per heavy atom. The van der Waals surface area contributed by atoms with Crippen molar-refractivity contribution in [1.29, 1.82) is 0 Å². The third-order valence-corrected chi connectivity index (χ3v) is 9.24. The Labute approximate surface area is 225 Å². The average Bonchev–Trinajstić information content (AvgIpc) is 2.88. The third-order valence-electron chi connectivity index (χ3n) is 7.21. The van der Waals surface area contributed by atoms with Crippen LogP contribution in [-0.2, 0) is 19.3 Å². The summed E-state index contributed by atoms with van der Waals surface area (Å²) in [6, 6.07) is 8.95. The molecule has 0 bridgehead atoms. The van der Waals surface area contributed by atoms with Gasteiger partial charge in [-0.05, 0) is 71.2 Å².